The number of hydrogen-bond acceptors (Lipinski definition) is 3. The van der Waals surface area contributed by atoms with Crippen molar-refractivity contribution in [1.82, 2.24) is 4.72 Å². The maximum Gasteiger partial charge on any atom is 0.240 e. The van der Waals surface area contributed by atoms with Gasteiger partial charge in [-0.15, -0.1) is 0 Å². The van der Waals surface area contributed by atoms with Crippen molar-refractivity contribution < 1.29 is 8.42 Å². The number of rotatable bonds is 7. The highest BCUT2D eigenvalue weighted by Crippen LogP contribution is 2.28. The first kappa shape index (κ1) is 16.3. The predicted molar refractivity (Wildman–Crippen MR) is 86.6 cm³/mol. The minimum Gasteiger partial charge on any atom is -0.399 e. The van der Waals surface area contributed by atoms with Crippen LogP contribution in [0.5, 0.6) is 0 Å². The van der Waals surface area contributed by atoms with Gasteiger partial charge in [0, 0.05) is 12.2 Å². The molecule has 1 aromatic rings. The standard InChI is InChI=1S/C16H26N2O2S/c1-2-14-9-10-15(17)12-16(14)21(19,20)18-11-5-8-13-6-3-4-7-13/h9-10,12-13,18H,2-8,11,17H2,1H3. The summed E-state index contributed by atoms with van der Waals surface area (Å²) in [5.74, 6) is 0.799. The topological polar surface area (TPSA) is 72.2 Å². The first-order valence-corrected chi connectivity index (χ1v) is 9.39. The van der Waals surface area contributed by atoms with Gasteiger partial charge in [-0.05, 0) is 42.9 Å². The lowest BCUT2D eigenvalue weighted by Crippen LogP contribution is -2.26. The minimum absolute atomic E-state index is 0.325. The van der Waals surface area contributed by atoms with Gasteiger partial charge in [-0.25, -0.2) is 13.1 Å². The third kappa shape index (κ3) is 4.45. The second-order valence-electron chi connectivity index (χ2n) is 5.91. The van der Waals surface area contributed by atoms with Crippen LogP contribution in [0.3, 0.4) is 0 Å². The Morgan fingerprint density at radius 2 is 2.00 bits per heavy atom. The lowest BCUT2D eigenvalue weighted by atomic mass is 10.0. The third-order valence-corrected chi connectivity index (χ3v) is 5.86. The number of hydrogen-bond donors (Lipinski definition) is 2. The van der Waals surface area contributed by atoms with Crippen molar-refractivity contribution in [3.05, 3.63) is 23.8 Å². The Morgan fingerprint density at radius 3 is 2.67 bits per heavy atom. The largest absolute Gasteiger partial charge is 0.399 e. The van der Waals surface area contributed by atoms with Crippen molar-refractivity contribution >= 4 is 15.7 Å². The first-order valence-electron chi connectivity index (χ1n) is 7.91. The van der Waals surface area contributed by atoms with Crippen LogP contribution in [0.1, 0.15) is 51.0 Å². The Hall–Kier alpha value is -1.07. The van der Waals surface area contributed by atoms with Crippen LogP contribution < -0.4 is 10.5 Å². The molecule has 118 valence electrons. The Labute approximate surface area is 128 Å². The van der Waals surface area contributed by atoms with Crippen LogP contribution in [0.25, 0.3) is 0 Å². The Balaban J connectivity index is 1.93. The van der Waals surface area contributed by atoms with Crippen LogP contribution in [0.15, 0.2) is 23.1 Å². The molecule has 1 aromatic carbocycles. The Bertz CT molecular complexity index is 564. The highest BCUT2D eigenvalue weighted by Gasteiger charge is 2.19. The summed E-state index contributed by atoms with van der Waals surface area (Å²) in [6, 6.07) is 5.10. The summed E-state index contributed by atoms with van der Waals surface area (Å²) in [6.45, 7) is 2.46. The van der Waals surface area contributed by atoms with E-state index >= 15 is 0 Å². The highest BCUT2D eigenvalue weighted by atomic mass is 32.2. The van der Waals surface area contributed by atoms with Gasteiger partial charge in [0.1, 0.15) is 0 Å². The summed E-state index contributed by atoms with van der Waals surface area (Å²) in [5, 5.41) is 0. The monoisotopic (exact) mass is 310 g/mol. The second-order valence-corrected chi connectivity index (χ2v) is 7.65. The van der Waals surface area contributed by atoms with Gasteiger partial charge < -0.3 is 5.73 Å². The summed E-state index contributed by atoms with van der Waals surface area (Å²) in [5.41, 5.74) is 7.02. The fourth-order valence-electron chi connectivity index (χ4n) is 3.09. The lowest BCUT2D eigenvalue weighted by Gasteiger charge is -2.12. The molecule has 1 aliphatic rings. The van der Waals surface area contributed by atoms with E-state index in [4.69, 9.17) is 5.73 Å². The molecule has 3 N–H and O–H groups in total. The van der Waals surface area contributed by atoms with Crippen LogP contribution in [-0.2, 0) is 16.4 Å². The van der Waals surface area contributed by atoms with Gasteiger partial charge in [-0.1, -0.05) is 38.7 Å². The number of nitrogens with one attached hydrogen (secondary N) is 1. The van der Waals surface area contributed by atoms with Crippen LogP contribution in [0.4, 0.5) is 5.69 Å². The molecular weight excluding hydrogens is 284 g/mol. The fraction of sp³-hybridized carbons (Fsp3) is 0.625. The summed E-state index contributed by atoms with van der Waals surface area (Å²) in [6.07, 6.45) is 8.00. The van der Waals surface area contributed by atoms with E-state index in [-0.39, 0.29) is 0 Å². The van der Waals surface area contributed by atoms with Crippen LogP contribution in [0.2, 0.25) is 0 Å². The molecule has 4 nitrogen and oxygen atoms in total. The zero-order valence-corrected chi connectivity index (χ0v) is 13.6. The van der Waals surface area contributed by atoms with E-state index in [9.17, 15) is 8.42 Å². The number of benzene rings is 1. The van der Waals surface area contributed by atoms with E-state index < -0.39 is 10.0 Å². The van der Waals surface area contributed by atoms with Crippen molar-refractivity contribution in [2.45, 2.75) is 56.8 Å². The zero-order valence-electron chi connectivity index (χ0n) is 12.8. The van der Waals surface area contributed by atoms with Gasteiger partial charge in [0.25, 0.3) is 0 Å². The molecule has 0 atom stereocenters. The van der Waals surface area contributed by atoms with E-state index in [1.165, 1.54) is 25.7 Å². The molecular formula is C16H26N2O2S. The molecule has 0 bridgehead atoms. The molecule has 0 saturated heterocycles. The fourth-order valence-corrected chi connectivity index (χ4v) is 4.50. The molecule has 0 aliphatic heterocycles. The molecule has 5 heteroatoms. The predicted octanol–water partition coefficient (Wildman–Crippen LogP) is 3.08. The summed E-state index contributed by atoms with van der Waals surface area (Å²) >= 11 is 0. The normalized spacial score (nSPS) is 16.4. The smallest absolute Gasteiger partial charge is 0.240 e. The molecule has 0 aromatic heterocycles. The molecule has 0 radical (unpaired) electrons. The van der Waals surface area contributed by atoms with Gasteiger partial charge in [0.05, 0.1) is 4.90 Å². The van der Waals surface area contributed by atoms with Gasteiger partial charge in [-0.3, -0.25) is 0 Å². The number of anilines is 1. The molecule has 0 amide bonds. The number of nitrogen functional groups attached to an aromatic ring is 1. The average Bonchev–Trinajstić information content (AvgIpc) is 2.97. The first-order chi connectivity index (χ1) is 10.0. The molecule has 0 heterocycles. The van der Waals surface area contributed by atoms with Crippen molar-refractivity contribution in [1.29, 1.82) is 0 Å². The molecule has 1 aliphatic carbocycles. The lowest BCUT2D eigenvalue weighted by molar-refractivity contribution is 0.480. The summed E-state index contributed by atoms with van der Waals surface area (Å²) in [7, 11) is -3.45. The van der Waals surface area contributed by atoms with E-state index in [0.717, 1.165) is 24.3 Å². The second kappa shape index (κ2) is 7.27. The zero-order chi connectivity index (χ0) is 15.3. The van der Waals surface area contributed by atoms with E-state index in [2.05, 4.69) is 4.72 Å². The van der Waals surface area contributed by atoms with Crippen LogP contribution in [0, 0.1) is 5.92 Å². The maximum absolute atomic E-state index is 12.4. The molecule has 21 heavy (non-hydrogen) atoms. The van der Waals surface area contributed by atoms with Crippen LogP contribution >= 0.6 is 0 Å². The van der Waals surface area contributed by atoms with Crippen molar-refractivity contribution in [3.63, 3.8) is 0 Å². The quantitative estimate of drug-likeness (QED) is 0.600. The number of sulfonamides is 1. The Morgan fingerprint density at radius 1 is 1.29 bits per heavy atom. The van der Waals surface area contributed by atoms with Crippen LogP contribution in [-0.4, -0.2) is 15.0 Å². The van der Waals surface area contributed by atoms with E-state index in [1.807, 2.05) is 6.92 Å². The van der Waals surface area contributed by atoms with Crippen molar-refractivity contribution in [2.75, 3.05) is 12.3 Å². The maximum atomic E-state index is 12.4. The van der Waals surface area contributed by atoms with Crippen molar-refractivity contribution in [2.24, 2.45) is 5.92 Å². The van der Waals surface area contributed by atoms with Gasteiger partial charge in [0.15, 0.2) is 0 Å². The summed E-state index contributed by atoms with van der Waals surface area (Å²) in [4.78, 5) is 0.325. The third-order valence-electron chi connectivity index (χ3n) is 4.32. The molecule has 1 fully saturated rings. The number of nitrogens with two attached hydrogens (primary N) is 1. The molecule has 0 unspecified atom stereocenters. The van der Waals surface area contributed by atoms with Gasteiger partial charge in [0.2, 0.25) is 10.0 Å². The minimum atomic E-state index is -3.45. The molecule has 2 rings (SSSR count). The Kier molecular flexibility index (Phi) is 5.65. The van der Waals surface area contributed by atoms with Crippen molar-refractivity contribution in [3.8, 4) is 0 Å². The SMILES string of the molecule is CCc1ccc(N)cc1S(=O)(=O)NCCCC1CCCC1. The molecule has 0 spiro atoms. The van der Waals surface area contributed by atoms with E-state index in [1.54, 1.807) is 18.2 Å². The van der Waals surface area contributed by atoms with Gasteiger partial charge in [-0.2, -0.15) is 0 Å². The van der Waals surface area contributed by atoms with Gasteiger partial charge >= 0.3 is 0 Å². The average molecular weight is 310 g/mol. The molecule has 1 saturated carbocycles. The summed E-state index contributed by atoms with van der Waals surface area (Å²) < 4.78 is 27.5. The highest BCUT2D eigenvalue weighted by molar-refractivity contribution is 7.89. The van der Waals surface area contributed by atoms with E-state index in [0.29, 0.717) is 23.5 Å². The number of aryl methyl sites for hydroxylation is 1.